The van der Waals surface area contributed by atoms with Gasteiger partial charge in [-0.05, 0) is 18.2 Å². The number of aldehydes is 1. The number of furan rings is 1. The van der Waals surface area contributed by atoms with Crippen LogP contribution in [0.2, 0.25) is 0 Å². The van der Waals surface area contributed by atoms with Crippen molar-refractivity contribution in [3.63, 3.8) is 0 Å². The van der Waals surface area contributed by atoms with Crippen LogP contribution in [-0.2, 0) is 9.59 Å². The third kappa shape index (κ3) is 1.64. The summed E-state index contributed by atoms with van der Waals surface area (Å²) in [6, 6.07) is 12.7. The molecule has 88 valence electrons. The molecule has 4 nitrogen and oxygen atoms in total. The van der Waals surface area contributed by atoms with Crippen LogP contribution in [0.5, 0.6) is 5.75 Å². The van der Waals surface area contributed by atoms with Gasteiger partial charge in [-0.3, -0.25) is 4.79 Å². The fraction of sp³-hybridized carbons (Fsp3) is 0. The van der Waals surface area contributed by atoms with Gasteiger partial charge in [0.15, 0.2) is 0 Å². The first kappa shape index (κ1) is 10.5. The summed E-state index contributed by atoms with van der Waals surface area (Å²) >= 11 is 0. The van der Waals surface area contributed by atoms with Crippen molar-refractivity contribution in [2.24, 2.45) is 0 Å². The van der Waals surface area contributed by atoms with Gasteiger partial charge in [-0.1, -0.05) is 18.2 Å². The van der Waals surface area contributed by atoms with Gasteiger partial charge in [0.05, 0.1) is 0 Å². The second kappa shape index (κ2) is 4.00. The summed E-state index contributed by atoms with van der Waals surface area (Å²) in [6.45, 7) is 0. The summed E-state index contributed by atoms with van der Waals surface area (Å²) < 4.78 is 10.4. The van der Waals surface area contributed by atoms with Crippen LogP contribution in [0.3, 0.4) is 0 Å². The molecule has 0 atom stereocenters. The molecule has 0 unspecified atom stereocenters. The average molecular weight is 240 g/mol. The summed E-state index contributed by atoms with van der Waals surface area (Å²) in [5.74, 6) is -0.635. The van der Waals surface area contributed by atoms with Crippen molar-refractivity contribution in [1.29, 1.82) is 0 Å². The van der Waals surface area contributed by atoms with Crippen LogP contribution < -0.4 is 4.74 Å². The minimum absolute atomic E-state index is 0.128. The Balaban J connectivity index is 2.15. The van der Waals surface area contributed by atoms with E-state index in [0.29, 0.717) is 11.3 Å². The molecule has 3 aromatic rings. The zero-order valence-corrected chi connectivity index (χ0v) is 9.25. The van der Waals surface area contributed by atoms with Crippen LogP contribution in [0, 0.1) is 0 Å². The molecule has 0 aliphatic rings. The zero-order chi connectivity index (χ0) is 12.5. The highest BCUT2D eigenvalue weighted by atomic mass is 16.5. The van der Waals surface area contributed by atoms with E-state index < -0.39 is 5.97 Å². The summed E-state index contributed by atoms with van der Waals surface area (Å²) in [5.41, 5.74) is 1.39. The molecule has 18 heavy (non-hydrogen) atoms. The first-order valence-electron chi connectivity index (χ1n) is 5.36. The van der Waals surface area contributed by atoms with Gasteiger partial charge >= 0.3 is 5.97 Å². The Labute approximate surface area is 102 Å². The number of carbonyl (C=O) groups excluding carboxylic acids is 2. The monoisotopic (exact) mass is 240 g/mol. The maximum atomic E-state index is 10.9. The molecule has 0 bridgehead atoms. The van der Waals surface area contributed by atoms with Gasteiger partial charge in [-0.15, -0.1) is 0 Å². The number of hydrogen-bond acceptors (Lipinski definition) is 4. The van der Waals surface area contributed by atoms with E-state index in [1.54, 1.807) is 18.2 Å². The van der Waals surface area contributed by atoms with E-state index in [-0.39, 0.29) is 6.29 Å². The van der Waals surface area contributed by atoms with E-state index in [4.69, 9.17) is 9.15 Å². The summed E-state index contributed by atoms with van der Waals surface area (Å²) in [7, 11) is 0. The number of esters is 1. The van der Waals surface area contributed by atoms with Gasteiger partial charge in [0.2, 0.25) is 6.29 Å². The third-order valence-electron chi connectivity index (χ3n) is 2.66. The first-order chi connectivity index (χ1) is 8.78. The van der Waals surface area contributed by atoms with Crippen LogP contribution in [0.4, 0.5) is 0 Å². The molecule has 0 radical (unpaired) electrons. The van der Waals surface area contributed by atoms with Crippen molar-refractivity contribution in [2.45, 2.75) is 0 Å². The number of benzene rings is 2. The number of carbonyl (C=O) groups is 2. The van der Waals surface area contributed by atoms with E-state index in [1.807, 2.05) is 24.3 Å². The van der Waals surface area contributed by atoms with Crippen molar-refractivity contribution in [2.75, 3.05) is 0 Å². The molecule has 4 heteroatoms. The van der Waals surface area contributed by atoms with Crippen molar-refractivity contribution in [1.82, 2.24) is 0 Å². The molecule has 3 rings (SSSR count). The zero-order valence-electron chi connectivity index (χ0n) is 9.25. The highest BCUT2D eigenvalue weighted by molar-refractivity contribution is 6.21. The second-order valence-electron chi connectivity index (χ2n) is 3.80. The van der Waals surface area contributed by atoms with E-state index in [9.17, 15) is 9.59 Å². The van der Waals surface area contributed by atoms with Crippen LogP contribution >= 0.6 is 0 Å². The Morgan fingerprint density at radius 2 is 1.83 bits per heavy atom. The molecule has 0 saturated carbocycles. The minimum Gasteiger partial charge on any atom is -0.456 e. The van der Waals surface area contributed by atoms with Crippen LogP contribution in [-0.4, -0.2) is 12.3 Å². The van der Waals surface area contributed by atoms with E-state index in [1.165, 1.54) is 0 Å². The summed E-state index contributed by atoms with van der Waals surface area (Å²) in [6.07, 6.45) is 0.128. The Hall–Kier alpha value is -2.62. The normalized spacial score (nSPS) is 10.7. The van der Waals surface area contributed by atoms with Gasteiger partial charge in [0.25, 0.3) is 0 Å². The van der Waals surface area contributed by atoms with Crippen LogP contribution in [0.1, 0.15) is 0 Å². The molecule has 1 heterocycles. The number of hydrogen-bond donors (Lipinski definition) is 0. The smallest absolute Gasteiger partial charge is 0.376 e. The third-order valence-corrected chi connectivity index (χ3v) is 2.66. The van der Waals surface area contributed by atoms with E-state index >= 15 is 0 Å². The fourth-order valence-corrected chi connectivity index (χ4v) is 1.91. The molecule has 0 spiro atoms. The van der Waals surface area contributed by atoms with Crippen molar-refractivity contribution >= 4 is 34.2 Å². The molecule has 0 aliphatic heterocycles. The lowest BCUT2D eigenvalue weighted by Crippen LogP contribution is -2.08. The largest absolute Gasteiger partial charge is 0.456 e. The lowest BCUT2D eigenvalue weighted by Gasteiger charge is -1.98. The molecule has 0 fully saturated rings. The van der Waals surface area contributed by atoms with E-state index in [2.05, 4.69) is 0 Å². The van der Waals surface area contributed by atoms with Gasteiger partial charge in [-0.25, -0.2) is 4.79 Å². The molecule has 0 amide bonds. The summed E-state index contributed by atoms with van der Waals surface area (Å²) in [4.78, 5) is 21.1. The van der Waals surface area contributed by atoms with E-state index in [0.717, 1.165) is 16.4 Å². The van der Waals surface area contributed by atoms with Gasteiger partial charge in [-0.2, -0.15) is 0 Å². The topological polar surface area (TPSA) is 56.5 Å². The minimum atomic E-state index is -0.925. The quantitative estimate of drug-likeness (QED) is 0.299. The maximum absolute atomic E-state index is 10.9. The highest BCUT2D eigenvalue weighted by Crippen LogP contribution is 2.30. The number of rotatable bonds is 2. The second-order valence-corrected chi connectivity index (χ2v) is 3.80. The molecular weight excluding hydrogens is 232 g/mol. The van der Waals surface area contributed by atoms with Crippen molar-refractivity contribution in [3.05, 3.63) is 42.5 Å². The van der Waals surface area contributed by atoms with Crippen molar-refractivity contribution < 1.29 is 18.7 Å². The van der Waals surface area contributed by atoms with Crippen LogP contribution in [0.25, 0.3) is 21.9 Å². The Kier molecular flexibility index (Phi) is 2.34. The number of fused-ring (bicyclic) bond motifs is 3. The number of para-hydroxylation sites is 1. The number of ether oxygens (including phenoxy) is 1. The molecule has 0 aliphatic carbocycles. The maximum Gasteiger partial charge on any atom is 0.376 e. The SMILES string of the molecule is O=CC(=O)Oc1ccc2c(c1)oc1ccccc12. The lowest BCUT2D eigenvalue weighted by atomic mass is 10.1. The average Bonchev–Trinajstić information content (AvgIpc) is 2.76. The van der Waals surface area contributed by atoms with Gasteiger partial charge < -0.3 is 9.15 Å². The molecule has 1 aromatic heterocycles. The first-order valence-corrected chi connectivity index (χ1v) is 5.36. The molecular formula is C14H8O4. The standard InChI is InChI=1S/C14H8O4/c15-8-14(16)17-9-5-6-11-10-3-1-2-4-12(10)18-13(11)7-9/h1-8H. The fourth-order valence-electron chi connectivity index (χ4n) is 1.91. The molecule has 0 N–H and O–H groups in total. The van der Waals surface area contributed by atoms with Gasteiger partial charge in [0.1, 0.15) is 16.9 Å². The van der Waals surface area contributed by atoms with Gasteiger partial charge in [0, 0.05) is 16.8 Å². The predicted molar refractivity (Wildman–Crippen MR) is 65.4 cm³/mol. The summed E-state index contributed by atoms with van der Waals surface area (Å²) in [5, 5.41) is 1.94. The molecule has 0 saturated heterocycles. The highest BCUT2D eigenvalue weighted by Gasteiger charge is 2.09. The van der Waals surface area contributed by atoms with Crippen molar-refractivity contribution in [3.8, 4) is 5.75 Å². The lowest BCUT2D eigenvalue weighted by molar-refractivity contribution is -0.141. The Morgan fingerprint density at radius 3 is 2.67 bits per heavy atom. The Bertz CT molecular complexity index is 755. The van der Waals surface area contributed by atoms with Crippen LogP contribution in [0.15, 0.2) is 46.9 Å². The molecule has 2 aromatic carbocycles. The predicted octanol–water partition coefficient (Wildman–Crippen LogP) is 2.69. The Morgan fingerprint density at radius 1 is 1.06 bits per heavy atom.